The van der Waals surface area contributed by atoms with Crippen LogP contribution >= 0.6 is 0 Å². The molecule has 184 valence electrons. The first-order valence-electron chi connectivity index (χ1n) is 11.5. The number of allylic oxidation sites excluding steroid dienone is 4. The maximum Gasteiger partial charge on any atom is 0.188 e. The predicted octanol–water partition coefficient (Wildman–Crippen LogP) is 7.07. The van der Waals surface area contributed by atoms with Crippen LogP contribution in [-0.4, -0.2) is 34.9 Å². The van der Waals surface area contributed by atoms with Crippen molar-refractivity contribution in [3.8, 4) is 17.2 Å². The van der Waals surface area contributed by atoms with E-state index in [1.807, 2.05) is 48.6 Å². The molecule has 0 aliphatic heterocycles. The molecule has 0 amide bonds. The molecule has 0 aromatic heterocycles. The van der Waals surface area contributed by atoms with Gasteiger partial charge < -0.3 is 23.7 Å². The van der Waals surface area contributed by atoms with Gasteiger partial charge in [0.05, 0.1) is 7.11 Å². The zero-order chi connectivity index (χ0) is 24.8. The molecule has 0 radical (unpaired) electrons. The molecule has 34 heavy (non-hydrogen) atoms. The lowest BCUT2D eigenvalue weighted by Gasteiger charge is -2.16. The zero-order valence-electron chi connectivity index (χ0n) is 21.4. The summed E-state index contributed by atoms with van der Waals surface area (Å²) in [6.07, 6.45) is 11.3. The molecule has 2 aromatic rings. The molecular formula is C29H38O5. The van der Waals surface area contributed by atoms with Crippen molar-refractivity contribution in [1.82, 2.24) is 0 Å². The number of hydrogen-bond donors (Lipinski definition) is 0. The Morgan fingerprint density at radius 2 is 1.35 bits per heavy atom. The van der Waals surface area contributed by atoms with Gasteiger partial charge in [0.1, 0.15) is 17.2 Å². The molecule has 2 rings (SSSR count). The van der Waals surface area contributed by atoms with Gasteiger partial charge in [0.2, 0.25) is 0 Å². The fourth-order valence-corrected chi connectivity index (χ4v) is 3.31. The Hall–Kier alpha value is -3.02. The fourth-order valence-electron chi connectivity index (χ4n) is 3.31. The van der Waals surface area contributed by atoms with Crippen molar-refractivity contribution in [1.29, 1.82) is 0 Å². The largest absolute Gasteiger partial charge is 0.497 e. The molecule has 0 saturated heterocycles. The quantitative estimate of drug-likeness (QED) is 0.169. The Morgan fingerprint density at radius 1 is 0.765 bits per heavy atom. The smallest absolute Gasteiger partial charge is 0.188 e. The van der Waals surface area contributed by atoms with Gasteiger partial charge in [-0.05, 0) is 75.4 Å². The number of ether oxygens (including phenoxy) is 5. The summed E-state index contributed by atoms with van der Waals surface area (Å²) in [5, 5.41) is 0. The number of rotatable bonds is 14. The number of hydrogen-bond acceptors (Lipinski definition) is 5. The van der Waals surface area contributed by atoms with E-state index in [4.69, 9.17) is 23.7 Å². The van der Waals surface area contributed by atoms with Crippen molar-refractivity contribution in [2.75, 3.05) is 34.9 Å². The van der Waals surface area contributed by atoms with Crippen molar-refractivity contribution < 1.29 is 23.7 Å². The molecule has 5 nitrogen and oxygen atoms in total. The topological polar surface area (TPSA) is 46.2 Å². The van der Waals surface area contributed by atoms with Crippen molar-refractivity contribution in [3.63, 3.8) is 0 Å². The molecule has 0 unspecified atom stereocenters. The van der Waals surface area contributed by atoms with Crippen LogP contribution in [0.5, 0.6) is 17.2 Å². The van der Waals surface area contributed by atoms with Gasteiger partial charge in [-0.1, -0.05) is 47.6 Å². The Morgan fingerprint density at radius 3 is 1.88 bits per heavy atom. The highest BCUT2D eigenvalue weighted by Crippen LogP contribution is 2.33. The molecular weight excluding hydrogens is 428 g/mol. The molecule has 0 aliphatic rings. The highest BCUT2D eigenvalue weighted by Gasteiger charge is 2.13. The maximum absolute atomic E-state index is 5.94. The summed E-state index contributed by atoms with van der Waals surface area (Å²) < 4.78 is 27.5. The van der Waals surface area contributed by atoms with Gasteiger partial charge in [-0.25, -0.2) is 0 Å². The summed E-state index contributed by atoms with van der Waals surface area (Å²) in [4.78, 5) is 0. The van der Waals surface area contributed by atoms with Crippen LogP contribution in [0, 0.1) is 0 Å². The summed E-state index contributed by atoms with van der Waals surface area (Å²) in [7, 11) is 4.89. The average Bonchev–Trinajstić information content (AvgIpc) is 2.84. The first kappa shape index (κ1) is 27.2. The molecule has 0 saturated carbocycles. The second kappa shape index (κ2) is 15.0. The zero-order valence-corrected chi connectivity index (χ0v) is 21.4. The van der Waals surface area contributed by atoms with Crippen LogP contribution < -0.4 is 14.2 Å². The highest BCUT2D eigenvalue weighted by molar-refractivity contribution is 5.72. The first-order valence-corrected chi connectivity index (χ1v) is 11.5. The molecule has 0 heterocycles. The number of methoxy groups -OCH3 is 3. The number of benzene rings is 2. The highest BCUT2D eigenvalue weighted by atomic mass is 16.7. The Balaban J connectivity index is 2.34. The van der Waals surface area contributed by atoms with Crippen LogP contribution in [0.1, 0.15) is 50.3 Å². The van der Waals surface area contributed by atoms with Crippen LogP contribution in [0.2, 0.25) is 0 Å². The molecule has 0 spiro atoms. The summed E-state index contributed by atoms with van der Waals surface area (Å²) in [6, 6.07) is 11.9. The first-order chi connectivity index (χ1) is 16.5. The van der Waals surface area contributed by atoms with Crippen molar-refractivity contribution in [2.24, 2.45) is 0 Å². The summed E-state index contributed by atoms with van der Waals surface area (Å²) in [5.74, 6) is 2.30. The summed E-state index contributed by atoms with van der Waals surface area (Å²) >= 11 is 0. The van der Waals surface area contributed by atoms with E-state index in [-0.39, 0.29) is 13.6 Å². The minimum atomic E-state index is 0.158. The minimum absolute atomic E-state index is 0.158. The summed E-state index contributed by atoms with van der Waals surface area (Å²) in [6.45, 7) is 6.73. The fraction of sp³-hybridized carbons (Fsp3) is 0.379. The van der Waals surface area contributed by atoms with E-state index in [1.54, 1.807) is 21.3 Å². The third-order valence-corrected chi connectivity index (χ3v) is 5.18. The molecule has 5 heteroatoms. The summed E-state index contributed by atoms with van der Waals surface area (Å²) in [5.41, 5.74) is 5.67. The van der Waals surface area contributed by atoms with Gasteiger partial charge in [0.25, 0.3) is 0 Å². The normalized spacial score (nSPS) is 11.5. The van der Waals surface area contributed by atoms with E-state index in [1.165, 1.54) is 11.1 Å². The van der Waals surface area contributed by atoms with Crippen LogP contribution in [0.3, 0.4) is 0 Å². The van der Waals surface area contributed by atoms with Gasteiger partial charge in [-0.15, -0.1) is 0 Å². The van der Waals surface area contributed by atoms with E-state index in [0.717, 1.165) is 46.8 Å². The monoisotopic (exact) mass is 466 g/mol. The van der Waals surface area contributed by atoms with Crippen molar-refractivity contribution >= 4 is 12.2 Å². The molecule has 0 bridgehead atoms. The SMILES string of the molecule is COCOc1cc(C=Cc2ccc(OC)cc2)cc(OCOC)c1CC=C(C)CCC=C(C)C. The maximum atomic E-state index is 5.94. The predicted molar refractivity (Wildman–Crippen MR) is 139 cm³/mol. The van der Waals surface area contributed by atoms with E-state index < -0.39 is 0 Å². The molecule has 0 fully saturated rings. The molecule has 2 aromatic carbocycles. The van der Waals surface area contributed by atoms with Crippen molar-refractivity contribution in [3.05, 3.63) is 76.4 Å². The van der Waals surface area contributed by atoms with Gasteiger partial charge in [-0.3, -0.25) is 0 Å². The average molecular weight is 467 g/mol. The third kappa shape index (κ3) is 9.46. The standard InChI is InChI=1S/C29H38O5/c1-22(2)8-7-9-23(3)10-17-27-28(33-20-30-4)18-25(19-29(27)34-21-31-5)12-11-24-13-15-26(32-6)16-14-24/h8,10-16,18-19H,7,9,17,20-21H2,1-6H3. The van der Waals surface area contributed by atoms with Crippen LogP contribution in [-0.2, 0) is 15.9 Å². The molecule has 0 N–H and O–H groups in total. The molecule has 0 atom stereocenters. The molecule has 0 aliphatic carbocycles. The second-order valence-electron chi connectivity index (χ2n) is 8.28. The van der Waals surface area contributed by atoms with E-state index in [0.29, 0.717) is 6.42 Å². The lowest BCUT2D eigenvalue weighted by molar-refractivity contribution is 0.0448. The van der Waals surface area contributed by atoms with Gasteiger partial charge >= 0.3 is 0 Å². The van der Waals surface area contributed by atoms with E-state index in [2.05, 4.69) is 32.9 Å². The lowest BCUT2D eigenvalue weighted by Crippen LogP contribution is -2.06. The van der Waals surface area contributed by atoms with Gasteiger partial charge in [0.15, 0.2) is 13.6 Å². The third-order valence-electron chi connectivity index (χ3n) is 5.18. The Labute approximate surface area is 204 Å². The second-order valence-corrected chi connectivity index (χ2v) is 8.28. The van der Waals surface area contributed by atoms with Gasteiger partial charge in [0, 0.05) is 19.8 Å². The van der Waals surface area contributed by atoms with E-state index >= 15 is 0 Å². The van der Waals surface area contributed by atoms with Gasteiger partial charge in [-0.2, -0.15) is 0 Å². The van der Waals surface area contributed by atoms with Crippen LogP contribution in [0.15, 0.2) is 59.7 Å². The lowest BCUT2D eigenvalue weighted by atomic mass is 10.0. The Bertz CT molecular complexity index is 938. The van der Waals surface area contributed by atoms with Crippen molar-refractivity contribution in [2.45, 2.75) is 40.0 Å². The van der Waals surface area contributed by atoms with Crippen LogP contribution in [0.4, 0.5) is 0 Å². The van der Waals surface area contributed by atoms with Crippen LogP contribution in [0.25, 0.3) is 12.2 Å². The van der Waals surface area contributed by atoms with E-state index in [9.17, 15) is 0 Å². The Kier molecular flexibility index (Phi) is 12.0. The minimum Gasteiger partial charge on any atom is -0.497 e.